The van der Waals surface area contributed by atoms with Gasteiger partial charge in [-0.05, 0) is 18.2 Å². The second kappa shape index (κ2) is 4.21. The minimum absolute atomic E-state index is 0.211. The summed E-state index contributed by atoms with van der Waals surface area (Å²) >= 11 is 11.2. The summed E-state index contributed by atoms with van der Waals surface area (Å²) in [5, 5.41) is 4.05. The molecule has 1 heterocycles. The molecular formula is C10H6Cl2FNO. The van der Waals surface area contributed by atoms with Crippen LogP contribution in [0.15, 0.2) is 28.8 Å². The number of nitrogens with zero attached hydrogens (tertiary/aromatic N) is 1. The molecule has 0 atom stereocenters. The van der Waals surface area contributed by atoms with Crippen molar-refractivity contribution in [2.45, 2.75) is 5.88 Å². The maximum atomic E-state index is 13.5. The summed E-state index contributed by atoms with van der Waals surface area (Å²) in [6, 6.07) is 5.97. The van der Waals surface area contributed by atoms with E-state index in [1.54, 1.807) is 18.2 Å². The lowest BCUT2D eigenvalue weighted by Gasteiger charge is -1.97. The van der Waals surface area contributed by atoms with E-state index in [0.717, 1.165) is 0 Å². The monoisotopic (exact) mass is 245 g/mol. The third kappa shape index (κ3) is 2.13. The fourth-order valence-corrected chi connectivity index (χ4v) is 1.48. The first-order valence-corrected chi connectivity index (χ1v) is 5.09. The number of benzene rings is 1. The number of rotatable bonds is 2. The SMILES string of the molecule is Fc1cc(Cl)ccc1-c1cc(CCl)on1. The predicted octanol–water partition coefficient (Wildman–Crippen LogP) is 3.87. The summed E-state index contributed by atoms with van der Waals surface area (Å²) in [5.41, 5.74) is 0.763. The van der Waals surface area contributed by atoms with Crippen LogP contribution in [-0.4, -0.2) is 5.16 Å². The molecule has 2 nitrogen and oxygen atoms in total. The van der Waals surface area contributed by atoms with Gasteiger partial charge < -0.3 is 4.52 Å². The summed E-state index contributed by atoms with van der Waals surface area (Å²) in [5.74, 6) is 0.278. The zero-order valence-electron chi connectivity index (χ0n) is 7.51. The van der Waals surface area contributed by atoms with E-state index in [1.807, 2.05) is 0 Å². The van der Waals surface area contributed by atoms with Crippen molar-refractivity contribution in [3.8, 4) is 11.3 Å². The van der Waals surface area contributed by atoms with Gasteiger partial charge in [0.25, 0.3) is 0 Å². The van der Waals surface area contributed by atoms with Crippen LogP contribution >= 0.6 is 23.2 Å². The molecule has 0 spiro atoms. The lowest BCUT2D eigenvalue weighted by atomic mass is 10.1. The summed E-state index contributed by atoms with van der Waals surface area (Å²) < 4.78 is 18.3. The fourth-order valence-electron chi connectivity index (χ4n) is 1.20. The van der Waals surface area contributed by atoms with Crippen LogP contribution in [0.4, 0.5) is 4.39 Å². The van der Waals surface area contributed by atoms with Gasteiger partial charge >= 0.3 is 0 Å². The Kier molecular flexibility index (Phi) is 2.93. The summed E-state index contributed by atoms with van der Waals surface area (Å²) in [6.45, 7) is 0. The molecule has 0 amide bonds. The van der Waals surface area contributed by atoms with E-state index in [0.29, 0.717) is 22.0 Å². The molecule has 0 aliphatic rings. The molecule has 0 saturated heterocycles. The average Bonchev–Trinajstić information content (AvgIpc) is 2.66. The Labute approximate surface area is 95.6 Å². The van der Waals surface area contributed by atoms with Crippen molar-refractivity contribution in [1.82, 2.24) is 5.16 Å². The van der Waals surface area contributed by atoms with Gasteiger partial charge in [-0.1, -0.05) is 16.8 Å². The van der Waals surface area contributed by atoms with Gasteiger partial charge in [-0.15, -0.1) is 11.6 Å². The second-order valence-electron chi connectivity index (χ2n) is 2.94. The number of hydrogen-bond acceptors (Lipinski definition) is 2. The van der Waals surface area contributed by atoms with Crippen LogP contribution in [0.5, 0.6) is 0 Å². The molecule has 0 bridgehead atoms. The zero-order valence-corrected chi connectivity index (χ0v) is 9.02. The minimum atomic E-state index is -0.433. The van der Waals surface area contributed by atoms with Crippen LogP contribution in [0.25, 0.3) is 11.3 Å². The smallest absolute Gasteiger partial charge is 0.152 e. The van der Waals surface area contributed by atoms with Crippen LogP contribution in [0.2, 0.25) is 5.02 Å². The first-order valence-electron chi connectivity index (χ1n) is 4.17. The molecule has 0 saturated carbocycles. The van der Waals surface area contributed by atoms with Gasteiger partial charge in [0.2, 0.25) is 0 Å². The molecular weight excluding hydrogens is 240 g/mol. The second-order valence-corrected chi connectivity index (χ2v) is 3.64. The minimum Gasteiger partial charge on any atom is -0.359 e. The van der Waals surface area contributed by atoms with Gasteiger partial charge in [-0.3, -0.25) is 0 Å². The van der Waals surface area contributed by atoms with Gasteiger partial charge in [0, 0.05) is 16.7 Å². The number of hydrogen-bond donors (Lipinski definition) is 0. The molecule has 2 rings (SSSR count). The quantitative estimate of drug-likeness (QED) is 0.751. The van der Waals surface area contributed by atoms with Crippen LogP contribution in [0, 0.1) is 5.82 Å². The normalized spacial score (nSPS) is 10.6. The molecule has 0 fully saturated rings. The van der Waals surface area contributed by atoms with Crippen LogP contribution in [0.1, 0.15) is 5.76 Å². The Morgan fingerprint density at radius 1 is 1.33 bits per heavy atom. The topological polar surface area (TPSA) is 26.0 Å². The van der Waals surface area contributed by atoms with Crippen molar-refractivity contribution in [2.75, 3.05) is 0 Å². The molecule has 0 aliphatic carbocycles. The van der Waals surface area contributed by atoms with Gasteiger partial charge in [-0.2, -0.15) is 0 Å². The first kappa shape index (κ1) is 10.5. The van der Waals surface area contributed by atoms with Crippen molar-refractivity contribution >= 4 is 23.2 Å². The third-order valence-electron chi connectivity index (χ3n) is 1.90. The Morgan fingerprint density at radius 2 is 2.13 bits per heavy atom. The molecule has 78 valence electrons. The highest BCUT2D eigenvalue weighted by Crippen LogP contribution is 2.25. The maximum absolute atomic E-state index is 13.5. The van der Waals surface area contributed by atoms with Gasteiger partial charge in [0.1, 0.15) is 11.5 Å². The average molecular weight is 246 g/mol. The Bertz CT molecular complexity index is 484. The van der Waals surface area contributed by atoms with E-state index in [9.17, 15) is 4.39 Å². The largest absolute Gasteiger partial charge is 0.359 e. The van der Waals surface area contributed by atoms with Crippen LogP contribution in [0.3, 0.4) is 0 Å². The third-order valence-corrected chi connectivity index (χ3v) is 2.40. The van der Waals surface area contributed by atoms with E-state index < -0.39 is 5.82 Å². The lowest BCUT2D eigenvalue weighted by Crippen LogP contribution is -1.83. The lowest BCUT2D eigenvalue weighted by molar-refractivity contribution is 0.396. The molecule has 1 aromatic carbocycles. The Morgan fingerprint density at radius 3 is 2.73 bits per heavy atom. The molecule has 0 N–H and O–H groups in total. The van der Waals surface area contributed by atoms with Gasteiger partial charge in [0.05, 0.1) is 5.88 Å². The summed E-state index contributed by atoms with van der Waals surface area (Å²) in [6.07, 6.45) is 0. The highest BCUT2D eigenvalue weighted by molar-refractivity contribution is 6.30. The van der Waals surface area contributed by atoms with Gasteiger partial charge in [-0.25, -0.2) is 4.39 Å². The standard InChI is InChI=1S/C10H6Cl2FNO/c11-5-7-4-10(14-15-7)8-2-1-6(12)3-9(8)13/h1-4H,5H2. The maximum Gasteiger partial charge on any atom is 0.152 e. The summed E-state index contributed by atoms with van der Waals surface area (Å²) in [4.78, 5) is 0. The molecule has 2 aromatic rings. The van der Waals surface area contributed by atoms with Gasteiger partial charge in [0.15, 0.2) is 5.76 Å². The number of alkyl halides is 1. The van der Waals surface area contributed by atoms with E-state index in [4.69, 9.17) is 27.7 Å². The highest BCUT2D eigenvalue weighted by Gasteiger charge is 2.10. The molecule has 5 heteroatoms. The molecule has 0 unspecified atom stereocenters. The fraction of sp³-hybridized carbons (Fsp3) is 0.100. The van der Waals surface area contributed by atoms with Crippen LogP contribution in [-0.2, 0) is 5.88 Å². The first-order chi connectivity index (χ1) is 7.20. The zero-order chi connectivity index (χ0) is 10.8. The van der Waals surface area contributed by atoms with Crippen molar-refractivity contribution in [1.29, 1.82) is 0 Å². The molecule has 1 aromatic heterocycles. The van der Waals surface area contributed by atoms with Crippen molar-refractivity contribution in [2.24, 2.45) is 0 Å². The van der Waals surface area contributed by atoms with Crippen molar-refractivity contribution < 1.29 is 8.91 Å². The molecule has 0 aliphatic heterocycles. The van der Waals surface area contributed by atoms with E-state index in [1.165, 1.54) is 6.07 Å². The molecule has 0 radical (unpaired) electrons. The Balaban J connectivity index is 2.44. The molecule has 15 heavy (non-hydrogen) atoms. The van der Waals surface area contributed by atoms with E-state index >= 15 is 0 Å². The van der Waals surface area contributed by atoms with E-state index in [-0.39, 0.29) is 5.88 Å². The summed E-state index contributed by atoms with van der Waals surface area (Å²) in [7, 11) is 0. The van der Waals surface area contributed by atoms with E-state index in [2.05, 4.69) is 5.16 Å². The predicted molar refractivity (Wildman–Crippen MR) is 56.5 cm³/mol. The van der Waals surface area contributed by atoms with Crippen LogP contribution < -0.4 is 0 Å². The number of aromatic nitrogens is 1. The highest BCUT2D eigenvalue weighted by atomic mass is 35.5. The van der Waals surface area contributed by atoms with Crippen molar-refractivity contribution in [3.05, 3.63) is 40.9 Å². The number of halogens is 3. The van der Waals surface area contributed by atoms with Crippen molar-refractivity contribution in [3.63, 3.8) is 0 Å². The Hall–Kier alpha value is -1.06.